The molecular weight excluding hydrogens is 492 g/mol. The van der Waals surface area contributed by atoms with E-state index in [1.54, 1.807) is 13.0 Å². The van der Waals surface area contributed by atoms with Gasteiger partial charge in [-0.05, 0) is 72.1 Å². The van der Waals surface area contributed by atoms with Crippen LogP contribution in [0.15, 0.2) is 72.9 Å². The number of cyclic esters (lactones) is 1. The van der Waals surface area contributed by atoms with Crippen molar-refractivity contribution in [3.8, 4) is 0 Å². The number of aliphatic hydroxyl groups excluding tert-OH is 1. The summed E-state index contributed by atoms with van der Waals surface area (Å²) < 4.78 is 24.4. The minimum absolute atomic E-state index is 0.0506. The van der Waals surface area contributed by atoms with E-state index in [1.807, 2.05) is 58.1 Å². The largest absolute Gasteiger partial charge is 0.459 e. The predicted molar refractivity (Wildman–Crippen MR) is 155 cm³/mol. The molecule has 6 nitrogen and oxygen atoms in total. The van der Waals surface area contributed by atoms with Gasteiger partial charge in [0.25, 0.3) is 0 Å². The highest BCUT2D eigenvalue weighted by molar-refractivity contribution is 5.74. The summed E-state index contributed by atoms with van der Waals surface area (Å²) in [6, 6.07) is 0. The van der Waals surface area contributed by atoms with E-state index in [-0.39, 0.29) is 36.3 Å². The first-order valence-corrected chi connectivity index (χ1v) is 14.3. The normalized spacial score (nSPS) is 35.9. The topological polar surface area (TPSA) is 74.2 Å². The second-order valence-corrected chi connectivity index (χ2v) is 11.8. The maximum absolute atomic E-state index is 13.1. The number of ether oxygens (including phenoxy) is 4. The fourth-order valence-corrected chi connectivity index (χ4v) is 5.31. The molecule has 3 heterocycles. The number of hydrogen-bond donors (Lipinski definition) is 1. The van der Waals surface area contributed by atoms with Crippen LogP contribution >= 0.6 is 0 Å². The molecule has 0 saturated carbocycles. The minimum Gasteiger partial charge on any atom is -0.459 e. The molecule has 3 rings (SSSR count). The third-order valence-corrected chi connectivity index (χ3v) is 7.40. The summed E-state index contributed by atoms with van der Waals surface area (Å²) in [5.74, 6) is -1.67. The number of hydrogen-bond acceptors (Lipinski definition) is 6. The molecular formula is C33H48O6. The molecule has 0 aromatic carbocycles. The molecule has 0 amide bonds. The van der Waals surface area contributed by atoms with Crippen LogP contribution in [0.3, 0.4) is 0 Å². The molecule has 8 atom stereocenters. The number of rotatable bonds is 6. The lowest BCUT2D eigenvalue weighted by molar-refractivity contribution is -0.170. The van der Waals surface area contributed by atoms with Crippen LogP contribution in [0.1, 0.15) is 73.1 Å². The molecule has 39 heavy (non-hydrogen) atoms. The fraction of sp³-hybridized carbons (Fsp3) is 0.606. The Balaban J connectivity index is 1.77. The first-order valence-electron chi connectivity index (χ1n) is 14.3. The van der Waals surface area contributed by atoms with Crippen molar-refractivity contribution in [1.29, 1.82) is 0 Å². The van der Waals surface area contributed by atoms with Gasteiger partial charge in [0.2, 0.25) is 0 Å². The molecule has 0 aromatic heterocycles. The van der Waals surface area contributed by atoms with Crippen LogP contribution in [-0.4, -0.2) is 53.5 Å². The fourth-order valence-electron chi connectivity index (χ4n) is 5.31. The van der Waals surface area contributed by atoms with Crippen LogP contribution in [0.25, 0.3) is 0 Å². The Bertz CT molecular complexity index is 973. The highest BCUT2D eigenvalue weighted by Gasteiger charge is 2.40. The van der Waals surface area contributed by atoms with Gasteiger partial charge in [-0.15, -0.1) is 0 Å². The zero-order valence-electron chi connectivity index (χ0n) is 24.4. The summed E-state index contributed by atoms with van der Waals surface area (Å²) in [5, 5.41) is 11.4. The van der Waals surface area contributed by atoms with Crippen LogP contribution in [0, 0.1) is 11.8 Å². The lowest BCUT2D eigenvalue weighted by atomic mass is 9.89. The number of allylic oxidation sites excluding steroid dienone is 7. The molecule has 0 radical (unpaired) electrons. The summed E-state index contributed by atoms with van der Waals surface area (Å²) in [5.41, 5.74) is 1.99. The predicted octanol–water partition coefficient (Wildman–Crippen LogP) is 6.53. The van der Waals surface area contributed by atoms with Gasteiger partial charge in [-0.1, -0.05) is 79.8 Å². The maximum Gasteiger partial charge on any atom is 0.312 e. The van der Waals surface area contributed by atoms with Crippen LogP contribution in [-0.2, 0) is 23.7 Å². The Kier molecular flexibility index (Phi) is 11.6. The summed E-state index contributed by atoms with van der Waals surface area (Å²) in [6.45, 7) is 17.7. The standard InChI is InChI=1S/C33H48O6/c1-22(2)13-12-14-23(3)21-25(5)31-30(34)29-20-19-26(36-29)16-9-11-18-28-27(38-33(6,7)39-28)17-10-8-15-24(4)32(35)37-31/h8,10-12,14-15,17-18,24-31,34H,1,3,9,13,16,19-21H2,2,4-7H3/b14-12+,15-8+,17-10?,18-11-/t24-,25-,26+,27-,28-,29+,30-,31?/m1/s1. The summed E-state index contributed by atoms with van der Waals surface area (Å²) in [7, 11) is 0. The molecule has 216 valence electrons. The highest BCUT2D eigenvalue weighted by Crippen LogP contribution is 2.32. The van der Waals surface area contributed by atoms with Crippen molar-refractivity contribution in [3.05, 3.63) is 72.9 Å². The van der Waals surface area contributed by atoms with Gasteiger partial charge in [-0.3, -0.25) is 4.79 Å². The number of aliphatic hydroxyl groups is 1. The van der Waals surface area contributed by atoms with Crippen LogP contribution in [0.5, 0.6) is 0 Å². The van der Waals surface area contributed by atoms with Crippen molar-refractivity contribution in [3.63, 3.8) is 0 Å². The van der Waals surface area contributed by atoms with Gasteiger partial charge in [0, 0.05) is 0 Å². The third-order valence-electron chi connectivity index (χ3n) is 7.40. The third kappa shape index (κ3) is 9.71. The zero-order valence-corrected chi connectivity index (χ0v) is 24.4. The molecule has 0 spiro atoms. The summed E-state index contributed by atoms with van der Waals surface area (Å²) in [6.07, 6.45) is 18.0. The van der Waals surface area contributed by atoms with E-state index in [1.165, 1.54) is 0 Å². The molecule has 0 aliphatic carbocycles. The molecule has 2 bridgehead atoms. The number of carbonyl (C=O) groups is 1. The molecule has 2 fully saturated rings. The van der Waals surface area contributed by atoms with Crippen molar-refractivity contribution in [1.82, 2.24) is 0 Å². The molecule has 1 unspecified atom stereocenters. The molecule has 0 aromatic rings. The Labute approximate surface area is 235 Å². The monoisotopic (exact) mass is 540 g/mol. The summed E-state index contributed by atoms with van der Waals surface area (Å²) >= 11 is 0. The van der Waals surface area contributed by atoms with Crippen LogP contribution in [0.2, 0.25) is 0 Å². The van der Waals surface area contributed by atoms with E-state index >= 15 is 0 Å². The van der Waals surface area contributed by atoms with Crippen molar-refractivity contribution >= 4 is 5.97 Å². The Morgan fingerprint density at radius 1 is 1.13 bits per heavy atom. The van der Waals surface area contributed by atoms with Crippen molar-refractivity contribution in [2.75, 3.05) is 0 Å². The quantitative estimate of drug-likeness (QED) is 0.235. The maximum atomic E-state index is 13.1. The van der Waals surface area contributed by atoms with Gasteiger partial charge in [0.05, 0.1) is 18.1 Å². The van der Waals surface area contributed by atoms with Gasteiger partial charge in [-0.25, -0.2) is 0 Å². The smallest absolute Gasteiger partial charge is 0.312 e. The van der Waals surface area contributed by atoms with E-state index < -0.39 is 23.9 Å². The first-order chi connectivity index (χ1) is 18.4. The van der Waals surface area contributed by atoms with E-state index in [2.05, 4.69) is 25.3 Å². The zero-order chi connectivity index (χ0) is 28.6. The van der Waals surface area contributed by atoms with Gasteiger partial charge < -0.3 is 24.1 Å². The van der Waals surface area contributed by atoms with Gasteiger partial charge in [-0.2, -0.15) is 0 Å². The van der Waals surface area contributed by atoms with Crippen molar-refractivity contribution < 1.29 is 28.8 Å². The number of esters is 1. The molecule has 6 heteroatoms. The van der Waals surface area contributed by atoms with E-state index in [9.17, 15) is 9.90 Å². The van der Waals surface area contributed by atoms with Crippen molar-refractivity contribution in [2.45, 2.75) is 116 Å². The highest BCUT2D eigenvalue weighted by atomic mass is 16.7. The SMILES string of the molecule is C=C(C)C/C=C/C(=C)C[C@@H](C)C1OC(=O)[C@H](C)/C=C/C=C[C@H]2OC(C)(C)O[C@@H]2/C=C\CC[C@H]2CC[C@H](O2)[C@H]1O. The number of carbonyl (C=O) groups excluding carboxylic acids is 1. The lowest BCUT2D eigenvalue weighted by Gasteiger charge is -2.32. The van der Waals surface area contributed by atoms with E-state index in [0.717, 1.165) is 43.3 Å². The second kappa shape index (κ2) is 14.4. The van der Waals surface area contributed by atoms with E-state index in [4.69, 9.17) is 18.9 Å². The number of fused-ring (bicyclic) bond motifs is 3. The second-order valence-electron chi connectivity index (χ2n) is 11.8. The Hall–Kier alpha value is -2.25. The summed E-state index contributed by atoms with van der Waals surface area (Å²) in [4.78, 5) is 13.1. The van der Waals surface area contributed by atoms with Crippen LogP contribution < -0.4 is 0 Å². The average Bonchev–Trinajstić information content (AvgIpc) is 3.44. The molecule has 3 aliphatic heterocycles. The molecule has 3 aliphatic rings. The average molecular weight is 541 g/mol. The van der Waals surface area contributed by atoms with Gasteiger partial charge in [0.15, 0.2) is 5.79 Å². The molecule has 2 saturated heterocycles. The van der Waals surface area contributed by atoms with Gasteiger partial charge >= 0.3 is 5.97 Å². The lowest BCUT2D eigenvalue weighted by Crippen LogP contribution is -2.44. The van der Waals surface area contributed by atoms with E-state index in [0.29, 0.717) is 6.42 Å². The minimum atomic E-state index is -0.918. The molecule has 1 N–H and O–H groups in total. The van der Waals surface area contributed by atoms with Gasteiger partial charge in [0.1, 0.15) is 24.4 Å². The Morgan fingerprint density at radius 2 is 1.82 bits per heavy atom. The van der Waals surface area contributed by atoms with Crippen LogP contribution in [0.4, 0.5) is 0 Å². The van der Waals surface area contributed by atoms with Crippen molar-refractivity contribution in [2.24, 2.45) is 11.8 Å². The first kappa shape index (κ1) is 31.3. The Morgan fingerprint density at radius 3 is 2.54 bits per heavy atom.